The Labute approximate surface area is 178 Å². The van der Waals surface area contributed by atoms with E-state index in [4.69, 9.17) is 16.3 Å². The Morgan fingerprint density at radius 2 is 1.97 bits per heavy atom. The highest BCUT2D eigenvalue weighted by atomic mass is 35.5. The number of nitrogens with zero attached hydrogens (tertiary/aromatic N) is 2. The van der Waals surface area contributed by atoms with Crippen molar-refractivity contribution in [1.29, 1.82) is 0 Å². The summed E-state index contributed by atoms with van der Waals surface area (Å²) in [5, 5.41) is 3.36. The second kappa shape index (κ2) is 9.85. The fraction of sp³-hybridized carbons (Fsp3) is 0.273. The number of aromatic nitrogens is 1. The lowest BCUT2D eigenvalue weighted by atomic mass is 10.1. The fourth-order valence-electron chi connectivity index (χ4n) is 2.78. The van der Waals surface area contributed by atoms with Gasteiger partial charge in [0.25, 0.3) is 5.91 Å². The van der Waals surface area contributed by atoms with Gasteiger partial charge in [-0.15, -0.1) is 11.3 Å². The van der Waals surface area contributed by atoms with E-state index in [-0.39, 0.29) is 17.5 Å². The first-order chi connectivity index (χ1) is 14.0. The summed E-state index contributed by atoms with van der Waals surface area (Å²) in [5.41, 5.74) is 0.837. The maximum absolute atomic E-state index is 14.1. The summed E-state index contributed by atoms with van der Waals surface area (Å²) in [6, 6.07) is 13.1. The van der Waals surface area contributed by atoms with Gasteiger partial charge in [0.05, 0.1) is 17.8 Å². The van der Waals surface area contributed by atoms with Crippen LogP contribution in [0.4, 0.5) is 4.39 Å². The molecule has 1 atom stereocenters. The number of thiazole rings is 1. The topological polar surface area (TPSA) is 42.4 Å². The molecular formula is C22H22ClFN2O2S. The molecule has 1 aromatic heterocycles. The molecule has 0 spiro atoms. The van der Waals surface area contributed by atoms with Crippen LogP contribution >= 0.6 is 22.9 Å². The van der Waals surface area contributed by atoms with Crippen molar-refractivity contribution in [3.05, 3.63) is 81.0 Å². The molecule has 29 heavy (non-hydrogen) atoms. The smallest absolute Gasteiger partial charge is 0.257 e. The van der Waals surface area contributed by atoms with Crippen LogP contribution in [-0.2, 0) is 13.2 Å². The average molecular weight is 433 g/mol. The highest BCUT2D eigenvalue weighted by molar-refractivity contribution is 7.09. The van der Waals surface area contributed by atoms with Crippen molar-refractivity contribution < 1.29 is 13.9 Å². The van der Waals surface area contributed by atoms with Crippen LogP contribution in [0.15, 0.2) is 53.9 Å². The van der Waals surface area contributed by atoms with E-state index in [0.29, 0.717) is 23.9 Å². The van der Waals surface area contributed by atoms with Crippen molar-refractivity contribution in [2.24, 2.45) is 0 Å². The van der Waals surface area contributed by atoms with Gasteiger partial charge in [0.2, 0.25) is 0 Å². The average Bonchev–Trinajstić information content (AvgIpc) is 3.18. The van der Waals surface area contributed by atoms with Crippen molar-refractivity contribution >= 4 is 28.8 Å². The zero-order valence-corrected chi connectivity index (χ0v) is 17.8. The fourth-order valence-corrected chi connectivity index (χ4v) is 3.60. The molecule has 1 heterocycles. The van der Waals surface area contributed by atoms with E-state index in [2.05, 4.69) is 4.98 Å². The minimum Gasteiger partial charge on any atom is -0.486 e. The number of hydrogen-bond donors (Lipinski definition) is 0. The molecule has 2 aromatic carbocycles. The zero-order chi connectivity index (χ0) is 20.8. The minimum absolute atomic E-state index is 0.0439. The number of benzene rings is 2. The molecule has 0 bridgehead atoms. The first kappa shape index (κ1) is 21.3. The monoisotopic (exact) mass is 432 g/mol. The van der Waals surface area contributed by atoms with E-state index in [0.717, 1.165) is 17.1 Å². The summed E-state index contributed by atoms with van der Waals surface area (Å²) in [6.45, 7) is 4.60. The molecule has 0 saturated heterocycles. The quantitative estimate of drug-likeness (QED) is 0.441. The normalized spacial score (nSPS) is 11.9. The predicted molar refractivity (Wildman–Crippen MR) is 114 cm³/mol. The third-order valence-corrected chi connectivity index (χ3v) is 5.72. The Balaban J connectivity index is 1.69. The summed E-state index contributed by atoms with van der Waals surface area (Å²) in [5.74, 6) is -0.132. The third-order valence-electron chi connectivity index (χ3n) is 4.60. The van der Waals surface area contributed by atoms with Crippen molar-refractivity contribution in [2.75, 3.05) is 0 Å². The van der Waals surface area contributed by atoms with Gasteiger partial charge < -0.3 is 9.64 Å². The largest absolute Gasteiger partial charge is 0.486 e. The highest BCUT2D eigenvalue weighted by Crippen LogP contribution is 2.21. The van der Waals surface area contributed by atoms with Crippen LogP contribution in [0.25, 0.3) is 0 Å². The van der Waals surface area contributed by atoms with Crippen LogP contribution in [0.3, 0.4) is 0 Å². The van der Waals surface area contributed by atoms with Gasteiger partial charge in [0.1, 0.15) is 23.2 Å². The van der Waals surface area contributed by atoms with Gasteiger partial charge in [-0.3, -0.25) is 4.79 Å². The molecular weight excluding hydrogens is 411 g/mol. The maximum atomic E-state index is 14.1. The molecule has 0 fully saturated rings. The number of ether oxygens (including phenoxy) is 1. The Hall–Kier alpha value is -2.44. The Morgan fingerprint density at radius 3 is 2.66 bits per heavy atom. The number of carbonyl (C=O) groups is 1. The highest BCUT2D eigenvalue weighted by Gasteiger charge is 2.24. The van der Waals surface area contributed by atoms with Crippen LogP contribution in [-0.4, -0.2) is 21.8 Å². The second-order valence-corrected chi connectivity index (χ2v) is 8.02. The number of carbonyl (C=O) groups excluding carboxylic acids is 1. The van der Waals surface area contributed by atoms with E-state index in [1.807, 2.05) is 19.2 Å². The molecule has 0 aliphatic carbocycles. The Kier molecular flexibility index (Phi) is 7.23. The molecule has 0 saturated carbocycles. The van der Waals surface area contributed by atoms with E-state index < -0.39 is 5.82 Å². The van der Waals surface area contributed by atoms with E-state index in [1.54, 1.807) is 41.3 Å². The minimum atomic E-state index is -0.513. The van der Waals surface area contributed by atoms with Crippen molar-refractivity contribution in [1.82, 2.24) is 9.88 Å². The van der Waals surface area contributed by atoms with Gasteiger partial charge in [-0.1, -0.05) is 30.7 Å². The lowest BCUT2D eigenvalue weighted by Crippen LogP contribution is -2.38. The summed E-state index contributed by atoms with van der Waals surface area (Å²) in [4.78, 5) is 19.2. The molecule has 152 valence electrons. The van der Waals surface area contributed by atoms with Gasteiger partial charge >= 0.3 is 0 Å². The van der Waals surface area contributed by atoms with E-state index in [1.165, 1.54) is 23.5 Å². The third kappa shape index (κ3) is 5.55. The van der Waals surface area contributed by atoms with Crippen LogP contribution < -0.4 is 4.74 Å². The molecule has 4 nitrogen and oxygen atoms in total. The molecule has 0 N–H and O–H groups in total. The molecule has 7 heteroatoms. The standard InChI is InChI=1S/C22H22ClFN2O2S/c1-3-15(2)26(22(27)19-6-4-5-7-20(19)24)12-17-14-29-21(25-17)13-28-18-10-8-16(23)9-11-18/h4-11,14-15H,3,12-13H2,1-2H3/t15-/m0/s1. The van der Waals surface area contributed by atoms with Gasteiger partial charge in [-0.05, 0) is 49.7 Å². The van der Waals surface area contributed by atoms with E-state index in [9.17, 15) is 9.18 Å². The van der Waals surface area contributed by atoms with Crippen molar-refractivity contribution in [2.45, 2.75) is 39.5 Å². The van der Waals surface area contributed by atoms with E-state index >= 15 is 0 Å². The SMILES string of the molecule is CC[C@H](C)N(Cc1csc(COc2ccc(Cl)cc2)n1)C(=O)c1ccccc1F. The maximum Gasteiger partial charge on any atom is 0.257 e. The van der Waals surface area contributed by atoms with Gasteiger partial charge in [0.15, 0.2) is 0 Å². The molecule has 0 aliphatic rings. The number of rotatable bonds is 8. The molecule has 3 aromatic rings. The lowest BCUT2D eigenvalue weighted by molar-refractivity contribution is 0.0664. The van der Waals surface area contributed by atoms with Gasteiger partial charge in [-0.2, -0.15) is 0 Å². The number of hydrogen-bond acceptors (Lipinski definition) is 4. The molecule has 3 rings (SSSR count). The van der Waals surface area contributed by atoms with Crippen LogP contribution in [0.2, 0.25) is 5.02 Å². The molecule has 1 amide bonds. The van der Waals surface area contributed by atoms with Crippen LogP contribution in [0.5, 0.6) is 5.75 Å². The summed E-state index contributed by atoms with van der Waals surface area (Å²) >= 11 is 7.35. The lowest BCUT2D eigenvalue weighted by Gasteiger charge is -2.28. The second-order valence-electron chi connectivity index (χ2n) is 6.65. The van der Waals surface area contributed by atoms with Crippen molar-refractivity contribution in [3.8, 4) is 5.75 Å². The Morgan fingerprint density at radius 1 is 1.24 bits per heavy atom. The summed E-state index contributed by atoms with van der Waals surface area (Å²) in [6.07, 6.45) is 0.761. The first-order valence-electron chi connectivity index (χ1n) is 9.35. The first-order valence-corrected chi connectivity index (χ1v) is 10.6. The number of amides is 1. The van der Waals surface area contributed by atoms with Crippen molar-refractivity contribution in [3.63, 3.8) is 0 Å². The Bertz CT molecular complexity index is 961. The summed E-state index contributed by atoms with van der Waals surface area (Å²) in [7, 11) is 0. The molecule has 0 aliphatic heterocycles. The van der Waals surface area contributed by atoms with Gasteiger partial charge in [0, 0.05) is 16.4 Å². The summed E-state index contributed by atoms with van der Waals surface area (Å²) < 4.78 is 19.8. The molecule has 0 radical (unpaired) electrons. The number of halogens is 2. The van der Waals surface area contributed by atoms with Gasteiger partial charge in [-0.25, -0.2) is 9.37 Å². The van der Waals surface area contributed by atoms with Crippen LogP contribution in [0, 0.1) is 5.82 Å². The zero-order valence-electron chi connectivity index (χ0n) is 16.3. The van der Waals surface area contributed by atoms with Crippen LogP contribution in [0.1, 0.15) is 41.3 Å². The predicted octanol–water partition coefficient (Wildman–Crippen LogP) is 5.96. The molecule has 0 unspecified atom stereocenters.